The maximum absolute atomic E-state index is 10.2. The molecule has 1 N–H and O–H groups in total. The molecule has 2 fully saturated rings. The van der Waals surface area contributed by atoms with E-state index >= 15 is 0 Å². The Labute approximate surface area is 157 Å². The van der Waals surface area contributed by atoms with Crippen LogP contribution in [0.2, 0.25) is 0 Å². The Hall–Kier alpha value is -1.41. The van der Waals surface area contributed by atoms with Crippen molar-refractivity contribution >= 4 is 5.57 Å². The van der Waals surface area contributed by atoms with Crippen LogP contribution in [0.15, 0.2) is 42.3 Å². The van der Waals surface area contributed by atoms with Gasteiger partial charge in [-0.05, 0) is 90.7 Å². The average molecular weight is 350 g/mol. The van der Waals surface area contributed by atoms with Gasteiger partial charge in [-0.2, -0.15) is 0 Å². The maximum atomic E-state index is 10.2. The first-order valence-corrected chi connectivity index (χ1v) is 10.5. The lowest BCUT2D eigenvalue weighted by Gasteiger charge is -2.57. The van der Waals surface area contributed by atoms with Crippen molar-refractivity contribution in [3.8, 4) is 0 Å². The number of aromatic nitrogens is 1. The van der Waals surface area contributed by atoms with Crippen LogP contribution in [0.5, 0.6) is 0 Å². The van der Waals surface area contributed by atoms with Crippen LogP contribution in [-0.4, -0.2) is 16.2 Å². The number of aliphatic hydroxyl groups excluding tert-OH is 1. The molecule has 0 aromatic carbocycles. The first-order valence-electron chi connectivity index (χ1n) is 10.5. The maximum Gasteiger partial charge on any atom is 0.0577 e. The van der Waals surface area contributed by atoms with Gasteiger partial charge in [-0.15, -0.1) is 0 Å². The van der Waals surface area contributed by atoms with Gasteiger partial charge in [0, 0.05) is 12.4 Å². The van der Waals surface area contributed by atoms with Crippen LogP contribution in [0.1, 0.15) is 64.4 Å². The predicted molar refractivity (Wildman–Crippen MR) is 105 cm³/mol. The highest BCUT2D eigenvalue weighted by atomic mass is 16.3. The zero-order valence-corrected chi connectivity index (χ0v) is 16.1. The summed E-state index contributed by atoms with van der Waals surface area (Å²) in [5.41, 5.74) is 5.09. The Morgan fingerprint density at radius 2 is 1.88 bits per heavy atom. The minimum absolute atomic E-state index is 0.106. The van der Waals surface area contributed by atoms with Gasteiger partial charge in [-0.3, -0.25) is 4.98 Å². The summed E-state index contributed by atoms with van der Waals surface area (Å²) in [5, 5.41) is 10.2. The van der Waals surface area contributed by atoms with Gasteiger partial charge in [-0.1, -0.05) is 37.6 Å². The summed E-state index contributed by atoms with van der Waals surface area (Å²) in [4.78, 5) is 4.38. The van der Waals surface area contributed by atoms with E-state index in [1.165, 1.54) is 37.7 Å². The minimum atomic E-state index is -0.106. The molecule has 0 amide bonds. The Kier molecular flexibility index (Phi) is 3.73. The molecule has 0 radical (unpaired) electrons. The average Bonchev–Trinajstić information content (AvgIpc) is 3.00. The van der Waals surface area contributed by atoms with Gasteiger partial charge in [0.1, 0.15) is 0 Å². The summed E-state index contributed by atoms with van der Waals surface area (Å²) in [5.74, 6) is 2.36. The fourth-order valence-electron chi connectivity index (χ4n) is 7.18. The zero-order chi connectivity index (χ0) is 17.9. The molecule has 2 saturated carbocycles. The van der Waals surface area contributed by atoms with Crippen LogP contribution in [0.25, 0.3) is 5.57 Å². The third-order valence-corrected chi connectivity index (χ3v) is 8.63. The molecule has 0 bridgehead atoms. The lowest BCUT2D eigenvalue weighted by atomic mass is 9.47. The number of allylic oxidation sites excluding steroid dienone is 3. The van der Waals surface area contributed by atoms with E-state index in [0.717, 1.165) is 30.6 Å². The van der Waals surface area contributed by atoms with Crippen molar-refractivity contribution < 1.29 is 5.11 Å². The Morgan fingerprint density at radius 3 is 2.69 bits per heavy atom. The van der Waals surface area contributed by atoms with Crippen molar-refractivity contribution in [2.75, 3.05) is 0 Å². The SMILES string of the molecule is C[C@]12CC[C@H](O)CC1=CC[C@H]1C3CC=C(c4cccnc4)[C@@]3(C)CC[C@@H]12. The van der Waals surface area contributed by atoms with E-state index in [1.807, 2.05) is 12.4 Å². The summed E-state index contributed by atoms with van der Waals surface area (Å²) in [7, 11) is 0. The first kappa shape index (κ1) is 16.7. The second-order valence-corrected chi connectivity index (χ2v) is 9.71. The van der Waals surface area contributed by atoms with Crippen molar-refractivity contribution in [1.29, 1.82) is 0 Å². The van der Waals surface area contributed by atoms with Crippen molar-refractivity contribution in [3.05, 3.63) is 47.8 Å². The van der Waals surface area contributed by atoms with Crippen LogP contribution in [0.3, 0.4) is 0 Å². The number of nitrogens with zero attached hydrogens (tertiary/aromatic N) is 1. The van der Waals surface area contributed by atoms with Gasteiger partial charge in [-0.25, -0.2) is 0 Å². The molecule has 5 rings (SSSR count). The molecule has 2 heteroatoms. The number of hydrogen-bond acceptors (Lipinski definition) is 2. The predicted octanol–water partition coefficient (Wildman–Crippen LogP) is 5.40. The van der Waals surface area contributed by atoms with E-state index in [-0.39, 0.29) is 6.10 Å². The molecule has 1 aromatic rings. The summed E-state index contributed by atoms with van der Waals surface area (Å²) in [6.45, 7) is 5.03. The lowest BCUT2D eigenvalue weighted by Crippen LogP contribution is -2.49. The van der Waals surface area contributed by atoms with Crippen LogP contribution in [0, 0.1) is 28.6 Å². The van der Waals surface area contributed by atoms with E-state index in [0.29, 0.717) is 10.8 Å². The van der Waals surface area contributed by atoms with E-state index in [1.54, 1.807) is 11.1 Å². The monoisotopic (exact) mass is 349 g/mol. The number of hydrogen-bond donors (Lipinski definition) is 1. The standard InChI is InChI=1S/C24H31NO/c1-23-11-9-18(26)14-17(23)5-6-19-21-8-7-20(16-4-3-13-25-15-16)24(21,2)12-10-22(19)23/h3-5,7,13,15,18-19,21-22,26H,6,8-12,14H2,1-2H3/t18-,19-,21?,22-,23-,24+/m0/s1. The minimum Gasteiger partial charge on any atom is -0.393 e. The molecule has 2 nitrogen and oxygen atoms in total. The fourth-order valence-corrected chi connectivity index (χ4v) is 7.18. The Balaban J connectivity index is 1.48. The lowest BCUT2D eigenvalue weighted by molar-refractivity contribution is -0.0238. The molecule has 0 spiro atoms. The molecule has 1 heterocycles. The topological polar surface area (TPSA) is 33.1 Å². The van der Waals surface area contributed by atoms with E-state index in [4.69, 9.17) is 0 Å². The molecule has 4 aliphatic carbocycles. The van der Waals surface area contributed by atoms with Gasteiger partial charge in [0.15, 0.2) is 0 Å². The molecular weight excluding hydrogens is 318 g/mol. The van der Waals surface area contributed by atoms with Gasteiger partial charge >= 0.3 is 0 Å². The summed E-state index contributed by atoms with van der Waals surface area (Å²) in [6.07, 6.45) is 17.0. The number of aliphatic hydroxyl groups is 1. The van der Waals surface area contributed by atoms with Gasteiger partial charge in [0.2, 0.25) is 0 Å². The summed E-state index contributed by atoms with van der Waals surface area (Å²) >= 11 is 0. The van der Waals surface area contributed by atoms with Crippen LogP contribution in [0.4, 0.5) is 0 Å². The normalized spacial score (nSPS) is 44.4. The molecule has 0 aliphatic heterocycles. The van der Waals surface area contributed by atoms with Gasteiger partial charge in [0.05, 0.1) is 6.10 Å². The van der Waals surface area contributed by atoms with Crippen molar-refractivity contribution in [3.63, 3.8) is 0 Å². The van der Waals surface area contributed by atoms with Crippen LogP contribution in [-0.2, 0) is 0 Å². The van der Waals surface area contributed by atoms with Crippen LogP contribution >= 0.6 is 0 Å². The molecule has 1 unspecified atom stereocenters. The van der Waals surface area contributed by atoms with Gasteiger partial charge < -0.3 is 5.11 Å². The van der Waals surface area contributed by atoms with Crippen molar-refractivity contribution in [1.82, 2.24) is 4.98 Å². The molecule has 138 valence electrons. The largest absolute Gasteiger partial charge is 0.393 e. The third-order valence-electron chi connectivity index (χ3n) is 8.63. The van der Waals surface area contributed by atoms with Gasteiger partial charge in [0.25, 0.3) is 0 Å². The second-order valence-electron chi connectivity index (χ2n) is 9.71. The molecule has 0 saturated heterocycles. The molecule has 4 aliphatic rings. The number of fused-ring (bicyclic) bond motifs is 5. The van der Waals surface area contributed by atoms with E-state index in [9.17, 15) is 5.11 Å². The number of rotatable bonds is 1. The van der Waals surface area contributed by atoms with E-state index in [2.05, 4.69) is 43.1 Å². The third kappa shape index (κ3) is 2.24. The van der Waals surface area contributed by atoms with Crippen molar-refractivity contribution in [2.45, 2.75) is 64.9 Å². The summed E-state index contributed by atoms with van der Waals surface area (Å²) < 4.78 is 0. The Bertz CT molecular complexity index is 766. The first-order chi connectivity index (χ1) is 12.5. The second kappa shape index (κ2) is 5.79. The highest BCUT2D eigenvalue weighted by Crippen LogP contribution is 2.66. The number of pyridine rings is 1. The quantitative estimate of drug-likeness (QED) is 0.689. The fraction of sp³-hybridized carbons (Fsp3) is 0.625. The highest BCUT2D eigenvalue weighted by molar-refractivity contribution is 5.72. The molecule has 6 atom stereocenters. The highest BCUT2D eigenvalue weighted by Gasteiger charge is 2.56. The molecular formula is C24H31NO. The zero-order valence-electron chi connectivity index (χ0n) is 16.1. The molecule has 1 aromatic heterocycles. The van der Waals surface area contributed by atoms with E-state index < -0.39 is 0 Å². The smallest absolute Gasteiger partial charge is 0.0577 e. The Morgan fingerprint density at radius 1 is 1.04 bits per heavy atom. The summed E-state index contributed by atoms with van der Waals surface area (Å²) in [6, 6.07) is 4.31. The van der Waals surface area contributed by atoms with Crippen LogP contribution < -0.4 is 0 Å². The van der Waals surface area contributed by atoms with Crippen molar-refractivity contribution in [2.24, 2.45) is 28.6 Å². The molecule has 26 heavy (non-hydrogen) atoms.